The fraction of sp³-hybridized carbons (Fsp3) is 0.500. The summed E-state index contributed by atoms with van der Waals surface area (Å²) in [4.78, 5) is 8.38. The molecule has 2 aromatic rings. The largest absolute Gasteiger partial charge is 0.368 e. The Bertz CT molecular complexity index is 831. The van der Waals surface area contributed by atoms with Gasteiger partial charge in [0.15, 0.2) is 5.82 Å². The van der Waals surface area contributed by atoms with Gasteiger partial charge in [-0.05, 0) is 25.7 Å². The summed E-state index contributed by atoms with van der Waals surface area (Å²) < 4.78 is 41.9. The summed E-state index contributed by atoms with van der Waals surface area (Å²) in [6.07, 6.45) is 1.89. The Balaban J connectivity index is 2.36. The van der Waals surface area contributed by atoms with E-state index in [9.17, 15) is 18.4 Å². The van der Waals surface area contributed by atoms with Crippen molar-refractivity contribution in [1.29, 1.82) is 5.26 Å². The fourth-order valence-electron chi connectivity index (χ4n) is 3.33. The van der Waals surface area contributed by atoms with Crippen molar-refractivity contribution in [3.63, 3.8) is 0 Å². The summed E-state index contributed by atoms with van der Waals surface area (Å²) in [6.45, 7) is 4.75. The van der Waals surface area contributed by atoms with Gasteiger partial charge >= 0.3 is 6.05 Å². The number of anilines is 1. The molecule has 0 spiro atoms. The topological polar surface area (TPSA) is 81.7 Å². The van der Waals surface area contributed by atoms with E-state index in [1.165, 1.54) is 6.92 Å². The predicted octanol–water partition coefficient (Wildman–Crippen LogP) is 3.13. The standard InChI is InChI=1S/C16H18F3N5/c1-8-4-3-5-24(7-8)14-10(6-20)15(16(18,19)21)23-12-11(17)9(2)22-13(12)14/h8,22H,3-5,7,21H2,1-2H3. The molecule has 0 aromatic carbocycles. The monoisotopic (exact) mass is 337 g/mol. The van der Waals surface area contributed by atoms with E-state index in [4.69, 9.17) is 5.73 Å². The molecular weight excluding hydrogens is 319 g/mol. The van der Waals surface area contributed by atoms with Gasteiger partial charge in [-0.25, -0.2) is 9.37 Å². The smallest absolute Gasteiger partial charge is 0.345 e. The summed E-state index contributed by atoms with van der Waals surface area (Å²) >= 11 is 0. The lowest BCUT2D eigenvalue weighted by Crippen LogP contribution is -2.36. The maximum absolute atomic E-state index is 14.3. The Morgan fingerprint density at radius 3 is 2.75 bits per heavy atom. The van der Waals surface area contributed by atoms with E-state index >= 15 is 0 Å². The van der Waals surface area contributed by atoms with Crippen molar-refractivity contribution in [1.82, 2.24) is 9.97 Å². The predicted molar refractivity (Wildman–Crippen MR) is 84.2 cm³/mol. The van der Waals surface area contributed by atoms with Crippen molar-refractivity contribution in [2.75, 3.05) is 18.0 Å². The molecule has 0 amide bonds. The molecule has 0 bridgehead atoms. The number of nitrogens with zero attached hydrogens (tertiary/aromatic N) is 3. The van der Waals surface area contributed by atoms with Crippen LogP contribution in [0.5, 0.6) is 0 Å². The average Bonchev–Trinajstić information content (AvgIpc) is 2.79. The Kier molecular flexibility index (Phi) is 3.92. The number of nitrogens with two attached hydrogens (primary N) is 1. The molecule has 1 aliphatic heterocycles. The van der Waals surface area contributed by atoms with Crippen molar-refractivity contribution in [2.24, 2.45) is 11.7 Å². The molecule has 0 aliphatic carbocycles. The molecule has 5 nitrogen and oxygen atoms in total. The summed E-state index contributed by atoms with van der Waals surface area (Å²) in [5.74, 6) is -0.359. The average molecular weight is 337 g/mol. The number of nitriles is 1. The first-order valence-corrected chi connectivity index (χ1v) is 7.78. The van der Waals surface area contributed by atoms with Crippen molar-refractivity contribution >= 4 is 16.7 Å². The first-order chi connectivity index (χ1) is 11.2. The van der Waals surface area contributed by atoms with Gasteiger partial charge in [0.05, 0.1) is 16.9 Å². The van der Waals surface area contributed by atoms with E-state index in [0.717, 1.165) is 12.8 Å². The van der Waals surface area contributed by atoms with E-state index < -0.39 is 17.6 Å². The van der Waals surface area contributed by atoms with Crippen LogP contribution in [0.25, 0.3) is 11.0 Å². The van der Waals surface area contributed by atoms with Gasteiger partial charge in [-0.1, -0.05) is 6.92 Å². The molecule has 1 saturated heterocycles. The third kappa shape index (κ3) is 2.59. The van der Waals surface area contributed by atoms with Crippen LogP contribution in [0, 0.1) is 30.0 Å². The summed E-state index contributed by atoms with van der Waals surface area (Å²) in [7, 11) is 0. The van der Waals surface area contributed by atoms with Gasteiger partial charge in [-0.15, -0.1) is 0 Å². The number of alkyl halides is 2. The molecule has 0 saturated carbocycles. The van der Waals surface area contributed by atoms with Crippen LogP contribution in [-0.2, 0) is 6.05 Å². The molecule has 8 heteroatoms. The minimum atomic E-state index is -3.83. The molecular formula is C16H18F3N5. The maximum Gasteiger partial charge on any atom is 0.345 e. The number of H-pyrrole nitrogens is 1. The number of aromatic amines is 1. The van der Waals surface area contributed by atoms with Crippen LogP contribution in [0.15, 0.2) is 0 Å². The summed E-state index contributed by atoms with van der Waals surface area (Å²) in [5, 5.41) is 9.48. The summed E-state index contributed by atoms with van der Waals surface area (Å²) in [6, 6.07) is -2.03. The van der Waals surface area contributed by atoms with E-state index in [-0.39, 0.29) is 28.0 Å². The Morgan fingerprint density at radius 2 is 2.17 bits per heavy atom. The minimum Gasteiger partial charge on any atom is -0.368 e. The number of pyridine rings is 1. The molecule has 1 atom stereocenters. The van der Waals surface area contributed by atoms with Crippen LogP contribution in [0.2, 0.25) is 0 Å². The van der Waals surface area contributed by atoms with Crippen LogP contribution in [-0.4, -0.2) is 23.1 Å². The molecule has 1 aliphatic rings. The van der Waals surface area contributed by atoms with Gasteiger partial charge in [0.25, 0.3) is 0 Å². The van der Waals surface area contributed by atoms with Crippen molar-refractivity contribution < 1.29 is 13.2 Å². The first-order valence-electron chi connectivity index (χ1n) is 7.78. The number of rotatable bonds is 2. The molecule has 3 N–H and O–H groups in total. The number of nitrogens with one attached hydrogen (secondary N) is 1. The molecule has 1 unspecified atom stereocenters. The van der Waals surface area contributed by atoms with Crippen LogP contribution in [0.1, 0.15) is 36.7 Å². The quantitative estimate of drug-likeness (QED) is 0.825. The molecule has 0 radical (unpaired) electrons. The third-order valence-corrected chi connectivity index (χ3v) is 4.42. The van der Waals surface area contributed by atoms with Crippen LogP contribution < -0.4 is 10.6 Å². The molecule has 24 heavy (non-hydrogen) atoms. The Hall–Kier alpha value is -2.27. The second kappa shape index (κ2) is 5.67. The zero-order valence-corrected chi connectivity index (χ0v) is 13.5. The number of piperidine rings is 1. The van der Waals surface area contributed by atoms with Gasteiger partial charge in [0, 0.05) is 13.1 Å². The van der Waals surface area contributed by atoms with E-state index in [1.807, 2.05) is 4.90 Å². The van der Waals surface area contributed by atoms with Gasteiger partial charge < -0.3 is 9.88 Å². The van der Waals surface area contributed by atoms with E-state index in [0.29, 0.717) is 19.0 Å². The molecule has 3 heterocycles. The SMILES string of the molecule is Cc1[nH]c2c(N3CCCC(C)C3)c(C#N)c(C(N)(F)F)nc2c1F. The number of hydrogen-bond donors (Lipinski definition) is 2. The molecule has 2 aromatic heterocycles. The van der Waals surface area contributed by atoms with Crippen LogP contribution in [0.4, 0.5) is 18.9 Å². The molecule has 1 fully saturated rings. The highest BCUT2D eigenvalue weighted by molar-refractivity contribution is 5.93. The number of halogens is 3. The zero-order chi connectivity index (χ0) is 17.6. The second-order valence-electron chi connectivity index (χ2n) is 6.40. The number of aromatic nitrogens is 2. The number of hydrogen-bond acceptors (Lipinski definition) is 4. The van der Waals surface area contributed by atoms with Gasteiger partial charge in [0.1, 0.15) is 22.8 Å². The summed E-state index contributed by atoms with van der Waals surface area (Å²) in [5.41, 5.74) is 4.23. The lowest BCUT2D eigenvalue weighted by molar-refractivity contribution is -0.00158. The highest BCUT2D eigenvalue weighted by Gasteiger charge is 2.36. The van der Waals surface area contributed by atoms with E-state index in [2.05, 4.69) is 16.9 Å². The zero-order valence-electron chi connectivity index (χ0n) is 13.5. The maximum atomic E-state index is 14.3. The number of aryl methyl sites for hydroxylation is 1. The van der Waals surface area contributed by atoms with Crippen LogP contribution >= 0.6 is 0 Å². The van der Waals surface area contributed by atoms with Gasteiger partial charge in [0.2, 0.25) is 0 Å². The van der Waals surface area contributed by atoms with Crippen molar-refractivity contribution in [2.45, 2.75) is 32.7 Å². The first kappa shape index (κ1) is 16.6. The van der Waals surface area contributed by atoms with Gasteiger partial charge in [-0.2, -0.15) is 14.0 Å². The lowest BCUT2D eigenvalue weighted by atomic mass is 9.98. The normalized spacial score (nSPS) is 18.9. The van der Waals surface area contributed by atoms with Gasteiger partial charge in [-0.3, -0.25) is 5.73 Å². The van der Waals surface area contributed by atoms with E-state index in [1.54, 1.807) is 6.07 Å². The Labute approximate surface area is 137 Å². The van der Waals surface area contributed by atoms with Crippen molar-refractivity contribution in [3.05, 3.63) is 22.8 Å². The highest BCUT2D eigenvalue weighted by Crippen LogP contribution is 2.38. The molecule has 128 valence electrons. The fourth-order valence-corrected chi connectivity index (χ4v) is 3.33. The Morgan fingerprint density at radius 1 is 1.46 bits per heavy atom. The number of fused-ring (bicyclic) bond motifs is 1. The highest BCUT2D eigenvalue weighted by atomic mass is 19.3. The second-order valence-corrected chi connectivity index (χ2v) is 6.40. The third-order valence-electron chi connectivity index (χ3n) is 4.42. The van der Waals surface area contributed by atoms with Crippen LogP contribution in [0.3, 0.4) is 0 Å². The molecule has 3 rings (SSSR count). The lowest BCUT2D eigenvalue weighted by Gasteiger charge is -2.34. The van der Waals surface area contributed by atoms with Crippen molar-refractivity contribution in [3.8, 4) is 6.07 Å². The minimum absolute atomic E-state index is 0.185.